The van der Waals surface area contributed by atoms with Gasteiger partial charge < -0.3 is 5.73 Å². The van der Waals surface area contributed by atoms with E-state index in [1.807, 2.05) is 30.3 Å². The van der Waals surface area contributed by atoms with Crippen LogP contribution in [-0.4, -0.2) is 21.2 Å². The molecule has 7 heteroatoms. The maximum Gasteiger partial charge on any atom is 0.263 e. The van der Waals surface area contributed by atoms with Crippen LogP contribution < -0.4 is 11.3 Å². The van der Waals surface area contributed by atoms with Gasteiger partial charge in [-0.2, -0.15) is 0 Å². The molecule has 0 spiro atoms. The zero-order valence-corrected chi connectivity index (χ0v) is 16.7. The number of primary amides is 1. The molecule has 1 amide bonds. The number of benzene rings is 1. The number of nitrogens with two attached hydrogens (primary N) is 1. The Morgan fingerprint density at radius 2 is 2.15 bits per heavy atom. The third-order valence-corrected chi connectivity index (χ3v) is 7.05. The molecule has 2 heterocycles. The smallest absolute Gasteiger partial charge is 0.263 e. The fourth-order valence-corrected chi connectivity index (χ4v) is 5.72. The van der Waals surface area contributed by atoms with E-state index in [9.17, 15) is 9.59 Å². The number of amides is 1. The maximum absolute atomic E-state index is 13.4. The van der Waals surface area contributed by atoms with Gasteiger partial charge in [-0.3, -0.25) is 14.2 Å². The Bertz CT molecular complexity index is 1060. The standard InChI is InChI=1S/C20H21N3O2S2/c1-12-7-8-14-15(9-12)27-18-17(14)19(25)23(10-13-5-3-2-4-6-13)20(22-18)26-11-16(21)24/h2-6,12H,7-11H2,1H3,(H2,21,24). The van der Waals surface area contributed by atoms with Gasteiger partial charge in [0.05, 0.1) is 17.7 Å². The van der Waals surface area contributed by atoms with E-state index in [0.717, 1.165) is 35.0 Å². The van der Waals surface area contributed by atoms with Gasteiger partial charge in [-0.05, 0) is 36.3 Å². The Labute approximate surface area is 165 Å². The Hall–Kier alpha value is -2.12. The molecule has 1 aliphatic rings. The normalized spacial score (nSPS) is 16.4. The Morgan fingerprint density at radius 3 is 2.89 bits per heavy atom. The van der Waals surface area contributed by atoms with Crippen molar-refractivity contribution in [1.82, 2.24) is 9.55 Å². The van der Waals surface area contributed by atoms with Crippen molar-refractivity contribution < 1.29 is 4.79 Å². The predicted molar refractivity (Wildman–Crippen MR) is 111 cm³/mol. The van der Waals surface area contributed by atoms with Gasteiger partial charge in [0, 0.05) is 4.88 Å². The highest BCUT2D eigenvalue weighted by Crippen LogP contribution is 2.36. The van der Waals surface area contributed by atoms with Crippen LogP contribution in [-0.2, 0) is 24.2 Å². The molecule has 2 aromatic heterocycles. The minimum atomic E-state index is -0.417. The van der Waals surface area contributed by atoms with E-state index in [1.165, 1.54) is 22.2 Å². The molecule has 1 aromatic carbocycles. The number of rotatable bonds is 5. The average molecular weight is 400 g/mol. The summed E-state index contributed by atoms with van der Waals surface area (Å²) in [6, 6.07) is 9.84. The number of hydrogen-bond donors (Lipinski definition) is 1. The second kappa shape index (κ2) is 7.48. The van der Waals surface area contributed by atoms with Crippen molar-refractivity contribution in [2.75, 3.05) is 5.75 Å². The van der Waals surface area contributed by atoms with E-state index in [2.05, 4.69) is 6.92 Å². The second-order valence-corrected chi connectivity index (χ2v) is 9.08. The molecule has 5 nitrogen and oxygen atoms in total. The number of hydrogen-bond acceptors (Lipinski definition) is 5. The molecule has 27 heavy (non-hydrogen) atoms. The SMILES string of the molecule is CC1CCc2c(sc3nc(SCC(N)=O)n(Cc4ccccc4)c(=O)c23)C1. The van der Waals surface area contributed by atoms with Gasteiger partial charge in [-0.25, -0.2) is 4.98 Å². The number of aryl methyl sites for hydroxylation is 1. The summed E-state index contributed by atoms with van der Waals surface area (Å²) in [6.07, 6.45) is 3.06. The van der Waals surface area contributed by atoms with Crippen LogP contribution in [0.4, 0.5) is 0 Å². The second-order valence-electron chi connectivity index (χ2n) is 7.06. The molecule has 2 N–H and O–H groups in total. The molecule has 0 radical (unpaired) electrons. The summed E-state index contributed by atoms with van der Waals surface area (Å²) >= 11 is 2.86. The highest BCUT2D eigenvalue weighted by molar-refractivity contribution is 7.99. The van der Waals surface area contributed by atoms with E-state index in [-0.39, 0.29) is 11.3 Å². The van der Waals surface area contributed by atoms with E-state index < -0.39 is 5.91 Å². The number of carbonyl (C=O) groups is 1. The molecule has 0 bridgehead atoms. The first-order valence-electron chi connectivity index (χ1n) is 9.03. The minimum absolute atomic E-state index is 0.0112. The number of aromatic nitrogens is 2. The third-order valence-electron chi connectivity index (χ3n) is 4.91. The van der Waals surface area contributed by atoms with E-state index in [4.69, 9.17) is 10.7 Å². The van der Waals surface area contributed by atoms with Crippen LogP contribution in [0.15, 0.2) is 40.3 Å². The van der Waals surface area contributed by atoms with E-state index in [1.54, 1.807) is 15.9 Å². The summed E-state index contributed by atoms with van der Waals surface area (Å²) < 4.78 is 1.69. The van der Waals surface area contributed by atoms with Crippen molar-refractivity contribution in [1.29, 1.82) is 0 Å². The van der Waals surface area contributed by atoms with Gasteiger partial charge in [-0.1, -0.05) is 49.0 Å². The third kappa shape index (κ3) is 3.66. The molecule has 1 aliphatic carbocycles. The molecule has 4 rings (SSSR count). The lowest BCUT2D eigenvalue weighted by Crippen LogP contribution is -2.25. The quantitative estimate of drug-likeness (QED) is 0.528. The van der Waals surface area contributed by atoms with Crippen molar-refractivity contribution in [3.63, 3.8) is 0 Å². The fraction of sp³-hybridized carbons (Fsp3) is 0.350. The first kappa shape index (κ1) is 18.3. The monoisotopic (exact) mass is 399 g/mol. The number of fused-ring (bicyclic) bond motifs is 3. The number of thiophene rings is 1. The van der Waals surface area contributed by atoms with Gasteiger partial charge in [-0.15, -0.1) is 11.3 Å². The highest BCUT2D eigenvalue weighted by Gasteiger charge is 2.24. The molecular formula is C20H21N3O2S2. The molecule has 0 saturated carbocycles. The topological polar surface area (TPSA) is 78.0 Å². The zero-order valence-electron chi connectivity index (χ0n) is 15.1. The Morgan fingerprint density at radius 1 is 1.37 bits per heavy atom. The molecule has 0 fully saturated rings. The van der Waals surface area contributed by atoms with Crippen LogP contribution in [0.2, 0.25) is 0 Å². The van der Waals surface area contributed by atoms with Crippen molar-refractivity contribution in [2.45, 2.75) is 37.9 Å². The maximum atomic E-state index is 13.4. The molecular weight excluding hydrogens is 378 g/mol. The molecule has 0 saturated heterocycles. The van der Waals surface area contributed by atoms with Crippen molar-refractivity contribution in [3.05, 3.63) is 56.7 Å². The van der Waals surface area contributed by atoms with Crippen molar-refractivity contribution >= 4 is 39.2 Å². The van der Waals surface area contributed by atoms with Crippen LogP contribution in [0.3, 0.4) is 0 Å². The first-order valence-corrected chi connectivity index (χ1v) is 10.8. The lowest BCUT2D eigenvalue weighted by atomic mass is 9.89. The zero-order chi connectivity index (χ0) is 19.0. The van der Waals surface area contributed by atoms with Crippen LogP contribution >= 0.6 is 23.1 Å². The number of thioether (sulfide) groups is 1. The Kier molecular flexibility index (Phi) is 5.06. The summed E-state index contributed by atoms with van der Waals surface area (Å²) in [5, 5.41) is 1.32. The minimum Gasteiger partial charge on any atom is -0.369 e. The summed E-state index contributed by atoms with van der Waals surface area (Å²) in [7, 11) is 0. The number of carbonyl (C=O) groups excluding carboxylic acids is 1. The molecule has 140 valence electrons. The van der Waals surface area contributed by atoms with Crippen LogP contribution in [0.5, 0.6) is 0 Å². The van der Waals surface area contributed by atoms with Gasteiger partial charge in [0.2, 0.25) is 5.91 Å². The van der Waals surface area contributed by atoms with Crippen LogP contribution in [0, 0.1) is 5.92 Å². The fourth-order valence-electron chi connectivity index (χ4n) is 3.56. The average Bonchev–Trinajstić information content (AvgIpc) is 3.00. The van der Waals surface area contributed by atoms with Gasteiger partial charge in [0.25, 0.3) is 5.56 Å². The van der Waals surface area contributed by atoms with E-state index >= 15 is 0 Å². The summed E-state index contributed by atoms with van der Waals surface area (Å²) in [4.78, 5) is 31.5. The predicted octanol–water partition coefficient (Wildman–Crippen LogP) is 3.21. The first-order chi connectivity index (χ1) is 13.0. The largest absolute Gasteiger partial charge is 0.369 e. The highest BCUT2D eigenvalue weighted by atomic mass is 32.2. The molecule has 3 aromatic rings. The van der Waals surface area contributed by atoms with Gasteiger partial charge >= 0.3 is 0 Å². The number of nitrogens with zero attached hydrogens (tertiary/aromatic N) is 2. The summed E-state index contributed by atoms with van der Waals surface area (Å²) in [5.41, 5.74) is 7.51. The summed E-state index contributed by atoms with van der Waals surface area (Å²) in [6.45, 7) is 2.69. The van der Waals surface area contributed by atoms with E-state index in [0.29, 0.717) is 17.6 Å². The lowest BCUT2D eigenvalue weighted by Gasteiger charge is -2.17. The van der Waals surface area contributed by atoms with Gasteiger partial charge in [0.1, 0.15) is 4.83 Å². The van der Waals surface area contributed by atoms with Crippen molar-refractivity contribution in [3.8, 4) is 0 Å². The van der Waals surface area contributed by atoms with Gasteiger partial charge in [0.15, 0.2) is 5.16 Å². The Balaban J connectivity index is 1.86. The molecule has 1 unspecified atom stereocenters. The van der Waals surface area contributed by atoms with Crippen molar-refractivity contribution in [2.24, 2.45) is 11.7 Å². The van der Waals surface area contributed by atoms with Crippen LogP contribution in [0.25, 0.3) is 10.2 Å². The lowest BCUT2D eigenvalue weighted by molar-refractivity contribution is -0.115. The molecule has 1 atom stereocenters. The summed E-state index contributed by atoms with van der Waals surface area (Å²) in [5.74, 6) is 0.329. The molecule has 0 aliphatic heterocycles. The van der Waals surface area contributed by atoms with Crippen LogP contribution in [0.1, 0.15) is 29.3 Å².